The van der Waals surface area contributed by atoms with Crippen LogP contribution in [0.2, 0.25) is 5.02 Å². The standard InChI is InChI=1S/C21H26ClN5O2.C7H13NO3/c1-12-19(18-13(2)27-29-14(18)3)25-21(26-20(12)24-5)16-11-15(7-8-17(16)22)28-10-6-9-23-4;1-2-11-7(9)8-3-5-10-6-4-8/h7-8,11,23H,6,9-10H2,1-5H3,(H,24,25,26);2-6H2,1H3. The number of benzene rings is 1. The van der Waals surface area contributed by atoms with E-state index in [0.29, 0.717) is 61.7 Å². The van der Waals surface area contributed by atoms with Crippen molar-refractivity contribution in [3.63, 3.8) is 0 Å². The highest BCUT2D eigenvalue weighted by Crippen LogP contribution is 2.35. The molecule has 2 aromatic heterocycles. The summed E-state index contributed by atoms with van der Waals surface area (Å²) in [6, 6.07) is 5.54. The zero-order valence-electron chi connectivity index (χ0n) is 24.1. The lowest BCUT2D eigenvalue weighted by atomic mass is 10.0. The minimum atomic E-state index is -0.226. The van der Waals surface area contributed by atoms with Crippen molar-refractivity contribution in [1.82, 2.24) is 25.3 Å². The van der Waals surface area contributed by atoms with Crippen LogP contribution >= 0.6 is 11.6 Å². The quantitative estimate of drug-likeness (QED) is 0.342. The van der Waals surface area contributed by atoms with E-state index in [1.54, 1.807) is 11.8 Å². The average Bonchev–Trinajstić information content (AvgIpc) is 3.30. The molecule has 1 aliphatic rings. The van der Waals surface area contributed by atoms with Crippen molar-refractivity contribution in [3.8, 4) is 28.4 Å². The van der Waals surface area contributed by atoms with E-state index in [4.69, 9.17) is 35.3 Å². The Morgan fingerprint density at radius 1 is 1.15 bits per heavy atom. The smallest absolute Gasteiger partial charge is 0.409 e. The first-order chi connectivity index (χ1) is 19.3. The minimum Gasteiger partial charge on any atom is -0.494 e. The van der Waals surface area contributed by atoms with Crippen molar-refractivity contribution < 1.29 is 23.5 Å². The normalized spacial score (nSPS) is 12.9. The van der Waals surface area contributed by atoms with Crippen molar-refractivity contribution in [1.29, 1.82) is 0 Å². The van der Waals surface area contributed by atoms with Gasteiger partial charge in [-0.05, 0) is 65.9 Å². The van der Waals surface area contributed by atoms with Crippen LogP contribution < -0.4 is 15.4 Å². The molecule has 1 aromatic carbocycles. The summed E-state index contributed by atoms with van der Waals surface area (Å²) >= 11 is 6.49. The molecule has 3 aromatic rings. The van der Waals surface area contributed by atoms with Crippen molar-refractivity contribution in [3.05, 3.63) is 40.2 Å². The van der Waals surface area contributed by atoms with Gasteiger partial charge >= 0.3 is 6.09 Å². The number of aryl methyl sites for hydroxylation is 2. The van der Waals surface area contributed by atoms with Crippen LogP contribution in [0.4, 0.5) is 10.6 Å². The predicted molar refractivity (Wildman–Crippen MR) is 155 cm³/mol. The zero-order chi connectivity index (χ0) is 29.1. The summed E-state index contributed by atoms with van der Waals surface area (Å²) in [4.78, 5) is 22.2. The number of ether oxygens (including phenoxy) is 3. The van der Waals surface area contributed by atoms with Crippen LogP contribution in [0, 0.1) is 20.8 Å². The van der Waals surface area contributed by atoms with Crippen LogP contribution in [0.3, 0.4) is 0 Å². The molecule has 3 heterocycles. The molecule has 1 amide bonds. The van der Waals surface area contributed by atoms with Crippen molar-refractivity contribution in [2.75, 3.05) is 65.5 Å². The van der Waals surface area contributed by atoms with Gasteiger partial charge in [-0.25, -0.2) is 14.8 Å². The fourth-order valence-electron chi connectivity index (χ4n) is 4.11. The Morgan fingerprint density at radius 3 is 2.52 bits per heavy atom. The Labute approximate surface area is 240 Å². The SMILES string of the molecule is CCOC(=O)N1CCOCC1.CNCCCOc1ccc(Cl)c(-c2nc(NC)c(C)c(-c3c(C)noc3C)n2)c1. The number of rotatable bonds is 9. The maximum atomic E-state index is 11.0. The van der Waals surface area contributed by atoms with E-state index in [1.165, 1.54) is 0 Å². The van der Waals surface area contributed by atoms with Crippen LogP contribution in [0.25, 0.3) is 22.6 Å². The molecule has 11 nitrogen and oxygen atoms in total. The molecule has 0 unspecified atom stereocenters. The maximum absolute atomic E-state index is 11.0. The monoisotopic (exact) mass is 574 g/mol. The fourth-order valence-corrected chi connectivity index (χ4v) is 4.31. The number of carbonyl (C=O) groups excluding carboxylic acids is 1. The Kier molecular flexibility index (Phi) is 12.0. The number of halogens is 1. The molecular formula is C28H39ClN6O5. The third-order valence-corrected chi connectivity index (χ3v) is 6.54. The molecule has 4 rings (SSSR count). The molecule has 12 heteroatoms. The van der Waals surface area contributed by atoms with E-state index < -0.39 is 0 Å². The first-order valence-corrected chi connectivity index (χ1v) is 13.7. The lowest BCUT2D eigenvalue weighted by Gasteiger charge is -2.25. The molecular weight excluding hydrogens is 536 g/mol. The molecule has 0 bridgehead atoms. The van der Waals surface area contributed by atoms with Crippen molar-refractivity contribution >= 4 is 23.5 Å². The summed E-state index contributed by atoms with van der Waals surface area (Å²) < 4.78 is 21.1. The molecule has 0 aliphatic carbocycles. The van der Waals surface area contributed by atoms with Gasteiger partial charge in [-0.15, -0.1) is 0 Å². The van der Waals surface area contributed by atoms with Crippen molar-refractivity contribution in [2.45, 2.75) is 34.1 Å². The molecule has 40 heavy (non-hydrogen) atoms. The first-order valence-electron chi connectivity index (χ1n) is 13.4. The Hall–Kier alpha value is -3.41. The summed E-state index contributed by atoms with van der Waals surface area (Å²) in [5, 5.41) is 10.9. The van der Waals surface area contributed by atoms with Crippen LogP contribution in [0.15, 0.2) is 22.7 Å². The fraction of sp³-hybridized carbons (Fsp3) is 0.500. The minimum absolute atomic E-state index is 0.226. The van der Waals surface area contributed by atoms with Gasteiger partial charge < -0.3 is 34.3 Å². The highest BCUT2D eigenvalue weighted by molar-refractivity contribution is 6.33. The first kappa shape index (κ1) is 31.1. The number of carbonyl (C=O) groups is 1. The molecule has 2 N–H and O–H groups in total. The van der Waals surface area contributed by atoms with Crippen LogP contribution in [-0.2, 0) is 9.47 Å². The van der Waals surface area contributed by atoms with Crippen LogP contribution in [-0.4, -0.2) is 86.3 Å². The molecule has 1 fully saturated rings. The third-order valence-electron chi connectivity index (χ3n) is 6.21. The van der Waals surface area contributed by atoms with Gasteiger partial charge in [0.25, 0.3) is 0 Å². The Bertz CT molecular complexity index is 1240. The summed E-state index contributed by atoms with van der Waals surface area (Å²) in [6.07, 6.45) is 0.686. The average molecular weight is 575 g/mol. The second-order valence-corrected chi connectivity index (χ2v) is 9.47. The maximum Gasteiger partial charge on any atom is 0.409 e. The molecule has 218 valence electrons. The lowest BCUT2D eigenvalue weighted by Crippen LogP contribution is -2.40. The Balaban J connectivity index is 0.000000336. The van der Waals surface area contributed by atoms with E-state index in [0.717, 1.165) is 47.0 Å². The molecule has 1 aliphatic heterocycles. The number of nitrogens with zero attached hydrogens (tertiary/aromatic N) is 4. The van der Waals surface area contributed by atoms with Crippen molar-refractivity contribution in [2.24, 2.45) is 0 Å². The second-order valence-electron chi connectivity index (χ2n) is 9.06. The van der Waals surface area contributed by atoms with Crippen LogP contribution in [0.1, 0.15) is 30.4 Å². The van der Waals surface area contributed by atoms with Gasteiger partial charge in [0.15, 0.2) is 5.82 Å². The summed E-state index contributed by atoms with van der Waals surface area (Å²) in [6.45, 7) is 12.1. The topological polar surface area (TPSA) is 124 Å². The zero-order valence-corrected chi connectivity index (χ0v) is 24.9. The van der Waals surface area contributed by atoms with Gasteiger partial charge in [0.2, 0.25) is 0 Å². The number of aromatic nitrogens is 3. The predicted octanol–water partition coefficient (Wildman–Crippen LogP) is 4.88. The summed E-state index contributed by atoms with van der Waals surface area (Å²) in [5.74, 6) is 2.68. The van der Waals surface area contributed by atoms with E-state index in [2.05, 4.69) is 20.8 Å². The van der Waals surface area contributed by atoms with Gasteiger partial charge in [0.1, 0.15) is 17.3 Å². The van der Waals surface area contributed by atoms with E-state index >= 15 is 0 Å². The van der Waals surface area contributed by atoms with E-state index in [9.17, 15) is 4.79 Å². The number of amides is 1. The third kappa shape index (κ3) is 8.06. The molecule has 1 saturated heterocycles. The lowest BCUT2D eigenvalue weighted by molar-refractivity contribution is 0.0286. The van der Waals surface area contributed by atoms with Gasteiger partial charge in [0.05, 0.1) is 48.4 Å². The molecule has 0 radical (unpaired) electrons. The number of morpholine rings is 1. The Morgan fingerprint density at radius 2 is 1.90 bits per heavy atom. The molecule has 0 spiro atoms. The van der Waals surface area contributed by atoms with E-state index in [-0.39, 0.29) is 6.09 Å². The number of hydrogen-bond acceptors (Lipinski definition) is 10. The van der Waals surface area contributed by atoms with Gasteiger partial charge in [-0.1, -0.05) is 16.8 Å². The second kappa shape index (κ2) is 15.4. The number of nitrogens with one attached hydrogen (secondary N) is 2. The van der Waals surface area contributed by atoms with Gasteiger partial charge in [0, 0.05) is 31.3 Å². The highest BCUT2D eigenvalue weighted by Gasteiger charge is 2.21. The molecule has 0 atom stereocenters. The van der Waals surface area contributed by atoms with Gasteiger partial charge in [-0.2, -0.15) is 0 Å². The van der Waals surface area contributed by atoms with E-state index in [1.807, 2.05) is 53.1 Å². The number of hydrogen-bond donors (Lipinski definition) is 2. The largest absolute Gasteiger partial charge is 0.494 e. The van der Waals surface area contributed by atoms with Gasteiger partial charge in [-0.3, -0.25) is 0 Å². The summed E-state index contributed by atoms with van der Waals surface area (Å²) in [5.41, 5.74) is 4.05. The number of anilines is 1. The summed E-state index contributed by atoms with van der Waals surface area (Å²) in [7, 11) is 3.75. The highest BCUT2D eigenvalue weighted by atomic mass is 35.5. The van der Waals surface area contributed by atoms with Crippen LogP contribution in [0.5, 0.6) is 5.75 Å². The molecule has 0 saturated carbocycles.